The second-order valence-electron chi connectivity index (χ2n) is 3.50. The highest BCUT2D eigenvalue weighted by Gasteiger charge is 2.12. The lowest BCUT2D eigenvalue weighted by Crippen LogP contribution is -2.13. The molecule has 0 aromatic carbocycles. The van der Waals surface area contributed by atoms with E-state index in [9.17, 15) is 4.79 Å². The van der Waals surface area contributed by atoms with E-state index in [1.165, 1.54) is 6.20 Å². The van der Waals surface area contributed by atoms with Gasteiger partial charge in [0.2, 0.25) is 0 Å². The fourth-order valence-corrected chi connectivity index (χ4v) is 1.57. The zero-order chi connectivity index (χ0) is 13.0. The van der Waals surface area contributed by atoms with Gasteiger partial charge in [-0.05, 0) is 18.2 Å². The second-order valence-corrected chi connectivity index (χ2v) is 3.90. The van der Waals surface area contributed by atoms with Crippen LogP contribution < -0.4 is 10.6 Å². The Labute approximate surface area is 109 Å². The minimum Gasteiger partial charge on any atom is -0.373 e. The van der Waals surface area contributed by atoms with E-state index in [1.54, 1.807) is 37.6 Å². The van der Waals surface area contributed by atoms with E-state index in [0.29, 0.717) is 22.1 Å². The van der Waals surface area contributed by atoms with E-state index in [2.05, 4.69) is 20.6 Å². The van der Waals surface area contributed by atoms with E-state index in [-0.39, 0.29) is 5.91 Å². The molecule has 2 heterocycles. The highest BCUT2D eigenvalue weighted by Crippen LogP contribution is 2.19. The molecule has 0 aliphatic heterocycles. The van der Waals surface area contributed by atoms with Gasteiger partial charge in [-0.2, -0.15) is 0 Å². The van der Waals surface area contributed by atoms with E-state index in [1.807, 2.05) is 0 Å². The number of pyridine rings is 2. The van der Waals surface area contributed by atoms with E-state index < -0.39 is 0 Å². The lowest BCUT2D eigenvalue weighted by molar-refractivity contribution is 0.102. The Morgan fingerprint density at radius 1 is 1.39 bits per heavy atom. The highest BCUT2D eigenvalue weighted by atomic mass is 35.5. The minimum atomic E-state index is -0.299. The van der Waals surface area contributed by atoms with Crippen LogP contribution in [0.5, 0.6) is 0 Å². The SMILES string of the molecule is CNc1cc(C(=O)Nc2cccnc2)c(Cl)cn1. The molecule has 2 N–H and O–H groups in total. The number of carbonyl (C=O) groups excluding carboxylic acids is 1. The number of aromatic nitrogens is 2. The van der Waals surface area contributed by atoms with Gasteiger partial charge in [-0.15, -0.1) is 0 Å². The number of nitrogens with zero attached hydrogens (tertiary/aromatic N) is 2. The molecule has 0 aliphatic carbocycles. The summed E-state index contributed by atoms with van der Waals surface area (Å²) in [5, 5.41) is 5.86. The molecule has 0 unspecified atom stereocenters. The van der Waals surface area contributed by atoms with E-state index >= 15 is 0 Å². The van der Waals surface area contributed by atoms with Gasteiger partial charge in [0, 0.05) is 19.4 Å². The Morgan fingerprint density at radius 3 is 2.89 bits per heavy atom. The largest absolute Gasteiger partial charge is 0.373 e. The molecule has 0 fully saturated rings. The molecule has 0 saturated heterocycles. The first-order chi connectivity index (χ1) is 8.70. The van der Waals surface area contributed by atoms with Crippen LogP contribution in [0, 0.1) is 0 Å². The summed E-state index contributed by atoms with van der Waals surface area (Å²) in [6.07, 6.45) is 4.63. The van der Waals surface area contributed by atoms with Crippen molar-refractivity contribution in [2.24, 2.45) is 0 Å². The van der Waals surface area contributed by atoms with Gasteiger partial charge in [0.25, 0.3) is 5.91 Å². The normalized spacial score (nSPS) is 9.89. The number of amides is 1. The molecular weight excluding hydrogens is 252 g/mol. The Hall–Kier alpha value is -2.14. The van der Waals surface area contributed by atoms with Crippen LogP contribution in [0.3, 0.4) is 0 Å². The van der Waals surface area contributed by atoms with Crippen molar-refractivity contribution in [3.63, 3.8) is 0 Å². The number of halogens is 1. The van der Waals surface area contributed by atoms with Crippen LogP contribution in [0.25, 0.3) is 0 Å². The molecule has 0 bridgehead atoms. The van der Waals surface area contributed by atoms with Gasteiger partial charge in [0.1, 0.15) is 5.82 Å². The number of hydrogen-bond donors (Lipinski definition) is 2. The van der Waals surface area contributed by atoms with Crippen molar-refractivity contribution in [3.05, 3.63) is 47.4 Å². The molecule has 2 aromatic rings. The molecular formula is C12H11ClN4O. The summed E-state index contributed by atoms with van der Waals surface area (Å²) < 4.78 is 0. The third kappa shape index (κ3) is 2.75. The minimum absolute atomic E-state index is 0.299. The summed E-state index contributed by atoms with van der Waals surface area (Å²) in [4.78, 5) is 20.0. The van der Waals surface area contributed by atoms with E-state index in [0.717, 1.165) is 0 Å². The predicted octanol–water partition coefficient (Wildman–Crippen LogP) is 2.42. The van der Waals surface area contributed by atoms with Crippen molar-refractivity contribution in [1.29, 1.82) is 0 Å². The van der Waals surface area contributed by atoms with Crippen LogP contribution in [0.15, 0.2) is 36.8 Å². The highest BCUT2D eigenvalue weighted by molar-refractivity contribution is 6.34. The van der Waals surface area contributed by atoms with Crippen LogP contribution >= 0.6 is 11.6 Å². The molecule has 18 heavy (non-hydrogen) atoms. The monoisotopic (exact) mass is 262 g/mol. The summed E-state index contributed by atoms with van der Waals surface area (Å²) >= 11 is 5.95. The van der Waals surface area contributed by atoms with Crippen molar-refractivity contribution in [2.45, 2.75) is 0 Å². The summed E-state index contributed by atoms with van der Waals surface area (Å²) in [5.41, 5.74) is 0.973. The van der Waals surface area contributed by atoms with Gasteiger partial charge in [-0.1, -0.05) is 11.6 Å². The summed E-state index contributed by atoms with van der Waals surface area (Å²) in [5.74, 6) is 0.280. The molecule has 92 valence electrons. The topological polar surface area (TPSA) is 66.9 Å². The zero-order valence-electron chi connectivity index (χ0n) is 9.64. The van der Waals surface area contributed by atoms with Crippen LogP contribution in [0.4, 0.5) is 11.5 Å². The first-order valence-corrected chi connectivity index (χ1v) is 5.63. The summed E-state index contributed by atoms with van der Waals surface area (Å²) in [7, 11) is 1.72. The maximum Gasteiger partial charge on any atom is 0.257 e. The van der Waals surface area contributed by atoms with Crippen LogP contribution in [0.2, 0.25) is 5.02 Å². The van der Waals surface area contributed by atoms with Gasteiger partial charge in [-0.25, -0.2) is 4.98 Å². The predicted molar refractivity (Wildman–Crippen MR) is 71.0 cm³/mol. The second kappa shape index (κ2) is 5.46. The Morgan fingerprint density at radius 2 is 2.22 bits per heavy atom. The third-order valence-corrected chi connectivity index (χ3v) is 2.58. The Kier molecular flexibility index (Phi) is 3.74. The van der Waals surface area contributed by atoms with Crippen molar-refractivity contribution < 1.29 is 4.79 Å². The fraction of sp³-hybridized carbons (Fsp3) is 0.0833. The summed E-state index contributed by atoms with van der Waals surface area (Å²) in [6.45, 7) is 0. The number of hydrogen-bond acceptors (Lipinski definition) is 4. The van der Waals surface area contributed by atoms with Gasteiger partial charge in [0.15, 0.2) is 0 Å². The lowest BCUT2D eigenvalue weighted by Gasteiger charge is -2.07. The molecule has 0 radical (unpaired) electrons. The zero-order valence-corrected chi connectivity index (χ0v) is 10.4. The maximum absolute atomic E-state index is 12.0. The number of rotatable bonds is 3. The van der Waals surface area contributed by atoms with Crippen molar-refractivity contribution in [3.8, 4) is 0 Å². The molecule has 0 spiro atoms. The molecule has 0 aliphatic rings. The standard InChI is InChI=1S/C12H11ClN4O/c1-14-11-5-9(10(13)7-16-11)12(18)17-8-3-2-4-15-6-8/h2-7H,1H3,(H,14,16)(H,17,18). The number of carbonyl (C=O) groups is 1. The van der Waals surface area contributed by atoms with E-state index in [4.69, 9.17) is 11.6 Å². The first kappa shape index (κ1) is 12.3. The van der Waals surface area contributed by atoms with Crippen molar-refractivity contribution in [1.82, 2.24) is 9.97 Å². The number of anilines is 2. The molecule has 2 aromatic heterocycles. The molecule has 6 heteroatoms. The van der Waals surface area contributed by atoms with Gasteiger partial charge < -0.3 is 10.6 Å². The van der Waals surface area contributed by atoms with Crippen LogP contribution in [0.1, 0.15) is 10.4 Å². The number of nitrogens with one attached hydrogen (secondary N) is 2. The van der Waals surface area contributed by atoms with Gasteiger partial charge >= 0.3 is 0 Å². The van der Waals surface area contributed by atoms with Gasteiger partial charge in [0.05, 0.1) is 22.5 Å². The quantitative estimate of drug-likeness (QED) is 0.892. The molecule has 5 nitrogen and oxygen atoms in total. The molecule has 0 atom stereocenters. The Bertz CT molecular complexity index is 559. The summed E-state index contributed by atoms with van der Waals surface area (Å²) in [6, 6.07) is 5.08. The third-order valence-electron chi connectivity index (χ3n) is 2.28. The molecule has 1 amide bonds. The van der Waals surface area contributed by atoms with Crippen molar-refractivity contribution in [2.75, 3.05) is 17.7 Å². The Balaban J connectivity index is 2.23. The van der Waals surface area contributed by atoms with Crippen molar-refractivity contribution >= 4 is 29.0 Å². The average Bonchev–Trinajstić information content (AvgIpc) is 2.40. The smallest absolute Gasteiger partial charge is 0.257 e. The molecule has 2 rings (SSSR count). The van der Waals surface area contributed by atoms with Gasteiger partial charge in [-0.3, -0.25) is 9.78 Å². The van der Waals surface area contributed by atoms with Crippen LogP contribution in [-0.4, -0.2) is 22.9 Å². The first-order valence-electron chi connectivity index (χ1n) is 5.25. The lowest BCUT2D eigenvalue weighted by atomic mass is 10.2. The fourth-order valence-electron chi connectivity index (χ4n) is 1.38. The maximum atomic E-state index is 12.0. The van der Waals surface area contributed by atoms with Crippen LogP contribution in [-0.2, 0) is 0 Å². The molecule has 0 saturated carbocycles. The average molecular weight is 263 g/mol.